The van der Waals surface area contributed by atoms with Gasteiger partial charge in [-0.2, -0.15) is 0 Å². The van der Waals surface area contributed by atoms with Gasteiger partial charge in [0.1, 0.15) is 0 Å². The molecular formula is C22H22Br2. The predicted molar refractivity (Wildman–Crippen MR) is 112 cm³/mol. The van der Waals surface area contributed by atoms with Gasteiger partial charge in [-0.05, 0) is 48.2 Å². The molecule has 0 aromatic heterocycles. The fourth-order valence-electron chi connectivity index (χ4n) is 3.96. The molecule has 0 spiro atoms. The topological polar surface area (TPSA) is 0 Å². The molecule has 2 aliphatic carbocycles. The first kappa shape index (κ1) is 17.7. The lowest BCUT2D eigenvalue weighted by Gasteiger charge is -2.25. The van der Waals surface area contributed by atoms with Gasteiger partial charge in [-0.15, -0.1) is 0 Å². The van der Waals surface area contributed by atoms with Crippen molar-refractivity contribution in [1.82, 2.24) is 0 Å². The van der Waals surface area contributed by atoms with Crippen LogP contribution < -0.4 is 0 Å². The smallest absolute Gasteiger partial charge is 0.0250 e. The van der Waals surface area contributed by atoms with Gasteiger partial charge in [0, 0.05) is 20.8 Å². The zero-order valence-electron chi connectivity index (χ0n) is 14.5. The van der Waals surface area contributed by atoms with Gasteiger partial charge in [-0.25, -0.2) is 0 Å². The standard InChI is InChI=1S/C20H16Br2.C2H6/c1-11-9-15-13(5-3-7-17(15)21)19(11)20-12(2)10-16-14(20)6-4-8-18(16)22;1-2/h3-10,19-20H,1-2H3;1-2H3. The van der Waals surface area contributed by atoms with E-state index in [1.54, 1.807) is 0 Å². The number of allylic oxidation sites excluding steroid dienone is 2. The molecule has 0 saturated heterocycles. The summed E-state index contributed by atoms with van der Waals surface area (Å²) in [5.41, 5.74) is 8.48. The number of rotatable bonds is 1. The Kier molecular flexibility index (Phi) is 5.17. The molecule has 2 atom stereocenters. The molecule has 2 aromatic rings. The highest BCUT2D eigenvalue weighted by atomic mass is 79.9. The highest BCUT2D eigenvalue weighted by molar-refractivity contribution is 9.10. The van der Waals surface area contributed by atoms with Crippen LogP contribution in [0.3, 0.4) is 0 Å². The summed E-state index contributed by atoms with van der Waals surface area (Å²) < 4.78 is 2.39. The Morgan fingerprint density at radius 1 is 0.667 bits per heavy atom. The van der Waals surface area contributed by atoms with Crippen LogP contribution in [-0.4, -0.2) is 0 Å². The fourth-order valence-corrected chi connectivity index (χ4v) is 4.96. The van der Waals surface area contributed by atoms with Gasteiger partial charge in [-0.3, -0.25) is 0 Å². The molecule has 0 nitrogen and oxygen atoms in total. The molecule has 0 N–H and O–H groups in total. The minimum Gasteiger partial charge on any atom is -0.0683 e. The number of hydrogen-bond donors (Lipinski definition) is 0. The van der Waals surface area contributed by atoms with Crippen LogP contribution in [-0.2, 0) is 0 Å². The van der Waals surface area contributed by atoms with Crippen molar-refractivity contribution in [2.24, 2.45) is 0 Å². The molecule has 0 bridgehead atoms. The van der Waals surface area contributed by atoms with Crippen LogP contribution in [0.5, 0.6) is 0 Å². The molecule has 124 valence electrons. The summed E-state index contributed by atoms with van der Waals surface area (Å²) in [4.78, 5) is 0. The van der Waals surface area contributed by atoms with E-state index in [2.05, 4.69) is 94.3 Å². The Balaban J connectivity index is 0.000000815. The maximum absolute atomic E-state index is 3.70. The van der Waals surface area contributed by atoms with Gasteiger partial charge in [0.2, 0.25) is 0 Å². The third-order valence-corrected chi connectivity index (χ3v) is 6.28. The van der Waals surface area contributed by atoms with E-state index in [0.29, 0.717) is 11.8 Å². The zero-order chi connectivity index (χ0) is 17.4. The number of fused-ring (bicyclic) bond motifs is 2. The Morgan fingerprint density at radius 3 is 1.42 bits per heavy atom. The molecule has 0 fully saturated rings. The van der Waals surface area contributed by atoms with E-state index in [0.717, 1.165) is 0 Å². The highest BCUT2D eigenvalue weighted by Gasteiger charge is 2.36. The summed E-state index contributed by atoms with van der Waals surface area (Å²) in [6.07, 6.45) is 4.68. The Hall–Kier alpha value is -1.12. The van der Waals surface area contributed by atoms with Crippen LogP contribution >= 0.6 is 31.9 Å². The minimum absolute atomic E-state index is 0.444. The van der Waals surface area contributed by atoms with Crippen molar-refractivity contribution in [2.75, 3.05) is 0 Å². The van der Waals surface area contributed by atoms with Crippen molar-refractivity contribution < 1.29 is 0 Å². The van der Waals surface area contributed by atoms with Crippen molar-refractivity contribution in [3.05, 3.63) is 78.7 Å². The molecule has 0 aliphatic heterocycles. The van der Waals surface area contributed by atoms with Gasteiger partial charge >= 0.3 is 0 Å². The summed E-state index contributed by atoms with van der Waals surface area (Å²) in [6, 6.07) is 13.1. The van der Waals surface area contributed by atoms with E-state index in [-0.39, 0.29) is 0 Å². The van der Waals surface area contributed by atoms with Gasteiger partial charge in [0.05, 0.1) is 0 Å². The predicted octanol–water partition coefficient (Wildman–Crippen LogP) is 7.94. The van der Waals surface area contributed by atoms with E-state index < -0.39 is 0 Å². The zero-order valence-corrected chi connectivity index (χ0v) is 17.7. The molecular weight excluding hydrogens is 424 g/mol. The fraction of sp³-hybridized carbons (Fsp3) is 0.273. The summed E-state index contributed by atoms with van der Waals surface area (Å²) in [5, 5.41) is 0. The molecule has 0 amide bonds. The lowest BCUT2D eigenvalue weighted by atomic mass is 9.78. The van der Waals surface area contributed by atoms with E-state index >= 15 is 0 Å². The molecule has 0 saturated carbocycles. The average molecular weight is 446 g/mol. The Morgan fingerprint density at radius 2 is 1.04 bits per heavy atom. The summed E-state index contributed by atoms with van der Waals surface area (Å²) in [7, 11) is 0. The Labute approximate surface area is 161 Å². The first-order chi connectivity index (χ1) is 11.6. The second-order valence-corrected chi connectivity index (χ2v) is 7.93. The normalized spacial score (nSPS) is 20.6. The molecule has 0 heterocycles. The highest BCUT2D eigenvalue weighted by Crippen LogP contribution is 2.53. The van der Waals surface area contributed by atoms with Crippen LogP contribution in [0.25, 0.3) is 12.2 Å². The first-order valence-electron chi connectivity index (χ1n) is 8.51. The van der Waals surface area contributed by atoms with Crippen LogP contribution in [0.15, 0.2) is 56.5 Å². The van der Waals surface area contributed by atoms with Crippen molar-refractivity contribution in [3.63, 3.8) is 0 Å². The minimum atomic E-state index is 0.444. The molecule has 2 unspecified atom stereocenters. The van der Waals surface area contributed by atoms with Crippen LogP contribution in [0.4, 0.5) is 0 Å². The largest absolute Gasteiger partial charge is 0.0683 e. The Bertz CT molecular complexity index is 772. The average Bonchev–Trinajstić information content (AvgIpc) is 3.07. The van der Waals surface area contributed by atoms with E-state index in [4.69, 9.17) is 0 Å². The van der Waals surface area contributed by atoms with Gasteiger partial charge in [0.25, 0.3) is 0 Å². The lowest BCUT2D eigenvalue weighted by molar-refractivity contribution is 0.692. The maximum Gasteiger partial charge on any atom is 0.0250 e. The number of hydrogen-bond acceptors (Lipinski definition) is 0. The molecule has 2 aliphatic rings. The first-order valence-corrected chi connectivity index (χ1v) is 10.1. The summed E-state index contributed by atoms with van der Waals surface area (Å²) in [6.45, 7) is 8.53. The quantitative estimate of drug-likeness (QED) is 0.417. The van der Waals surface area contributed by atoms with Crippen LogP contribution in [0.2, 0.25) is 0 Å². The monoisotopic (exact) mass is 444 g/mol. The van der Waals surface area contributed by atoms with Crippen molar-refractivity contribution in [1.29, 1.82) is 0 Å². The molecule has 2 aromatic carbocycles. The van der Waals surface area contributed by atoms with E-state index in [9.17, 15) is 0 Å². The molecule has 2 heteroatoms. The maximum atomic E-state index is 3.70. The second-order valence-electron chi connectivity index (χ2n) is 6.22. The number of halogens is 2. The number of benzene rings is 2. The SMILES string of the molecule is CC.CC1=Cc2c(Br)cccc2C1C1C(C)=Cc2c(Br)cccc21. The molecule has 24 heavy (non-hydrogen) atoms. The van der Waals surface area contributed by atoms with Gasteiger partial charge in [-0.1, -0.05) is 93.3 Å². The lowest BCUT2D eigenvalue weighted by Crippen LogP contribution is -2.10. The van der Waals surface area contributed by atoms with E-state index in [1.165, 1.54) is 42.3 Å². The summed E-state index contributed by atoms with van der Waals surface area (Å²) in [5.74, 6) is 0.888. The second kappa shape index (κ2) is 7.01. The van der Waals surface area contributed by atoms with Crippen LogP contribution in [0.1, 0.15) is 61.8 Å². The van der Waals surface area contributed by atoms with Crippen molar-refractivity contribution in [3.8, 4) is 0 Å². The van der Waals surface area contributed by atoms with Crippen molar-refractivity contribution >= 4 is 44.0 Å². The summed E-state index contributed by atoms with van der Waals surface area (Å²) >= 11 is 7.41. The van der Waals surface area contributed by atoms with Crippen LogP contribution in [0, 0.1) is 0 Å². The molecule has 0 radical (unpaired) electrons. The third kappa shape index (κ3) is 2.74. The van der Waals surface area contributed by atoms with Gasteiger partial charge in [0.15, 0.2) is 0 Å². The third-order valence-electron chi connectivity index (χ3n) is 4.90. The van der Waals surface area contributed by atoms with Crippen molar-refractivity contribution in [2.45, 2.75) is 39.5 Å². The molecule has 4 rings (SSSR count). The van der Waals surface area contributed by atoms with E-state index in [1.807, 2.05) is 13.8 Å². The van der Waals surface area contributed by atoms with Gasteiger partial charge < -0.3 is 0 Å².